The van der Waals surface area contributed by atoms with E-state index in [-0.39, 0.29) is 11.8 Å². The second-order valence-electron chi connectivity index (χ2n) is 6.89. The van der Waals surface area contributed by atoms with Crippen molar-refractivity contribution in [3.05, 3.63) is 33.5 Å². The maximum Gasteiger partial charge on any atom is 0.270 e. The third kappa shape index (κ3) is 4.07. The van der Waals surface area contributed by atoms with Gasteiger partial charge in [-0.25, -0.2) is 4.98 Å². The van der Waals surface area contributed by atoms with Crippen LogP contribution in [0, 0.1) is 11.8 Å². The van der Waals surface area contributed by atoms with E-state index in [0.717, 1.165) is 30.1 Å². The number of rotatable bonds is 6. The van der Waals surface area contributed by atoms with Crippen molar-refractivity contribution in [2.24, 2.45) is 17.6 Å². The number of hydrogen-bond donors (Lipinski definition) is 2. The molecule has 1 aliphatic heterocycles. The van der Waals surface area contributed by atoms with Gasteiger partial charge in [0, 0.05) is 24.9 Å². The lowest BCUT2D eigenvalue weighted by molar-refractivity contribution is 0.0937. The summed E-state index contributed by atoms with van der Waals surface area (Å²) in [6, 6.07) is 0. The molecule has 0 unspecified atom stereocenters. The summed E-state index contributed by atoms with van der Waals surface area (Å²) >= 11 is 1.53. The molecule has 0 saturated carbocycles. The Morgan fingerprint density at radius 2 is 2.28 bits per heavy atom. The highest BCUT2D eigenvalue weighted by Crippen LogP contribution is 2.22. The van der Waals surface area contributed by atoms with E-state index in [2.05, 4.69) is 29.2 Å². The van der Waals surface area contributed by atoms with Crippen LogP contribution in [0.2, 0.25) is 0 Å². The molecule has 7 nitrogen and oxygen atoms in total. The van der Waals surface area contributed by atoms with Gasteiger partial charge in [0.05, 0.1) is 22.5 Å². The molecule has 0 bridgehead atoms. The number of fused-ring (bicyclic) bond motifs is 1. The minimum atomic E-state index is -0.453. The molecule has 0 fully saturated rings. The van der Waals surface area contributed by atoms with Crippen molar-refractivity contribution in [3.8, 4) is 0 Å². The molecule has 0 radical (unpaired) electrons. The largest absolute Gasteiger partial charge is 0.365 e. The first-order valence-electron chi connectivity index (χ1n) is 8.51. The van der Waals surface area contributed by atoms with Gasteiger partial charge in [0.15, 0.2) is 0 Å². The van der Waals surface area contributed by atoms with Gasteiger partial charge < -0.3 is 11.1 Å². The normalized spacial score (nSPS) is 16.7. The monoisotopic (exact) mass is 361 g/mol. The first-order chi connectivity index (χ1) is 11.9. The van der Waals surface area contributed by atoms with Gasteiger partial charge in [0.1, 0.15) is 5.69 Å². The maximum absolute atomic E-state index is 12.3. The van der Waals surface area contributed by atoms with Crippen LogP contribution in [-0.2, 0) is 19.4 Å². The van der Waals surface area contributed by atoms with Crippen molar-refractivity contribution >= 4 is 23.2 Å². The molecule has 2 aromatic rings. The van der Waals surface area contributed by atoms with Gasteiger partial charge in [0.25, 0.3) is 11.8 Å². The molecule has 0 spiro atoms. The Morgan fingerprint density at radius 1 is 1.48 bits per heavy atom. The van der Waals surface area contributed by atoms with Crippen molar-refractivity contribution in [1.82, 2.24) is 20.1 Å². The molecule has 0 saturated heterocycles. The molecule has 2 aromatic heterocycles. The summed E-state index contributed by atoms with van der Waals surface area (Å²) in [5, 5.41) is 9.97. The van der Waals surface area contributed by atoms with Crippen LogP contribution in [0.1, 0.15) is 51.8 Å². The molecule has 1 atom stereocenters. The average Bonchev–Trinajstić information content (AvgIpc) is 3.18. The van der Waals surface area contributed by atoms with E-state index in [4.69, 9.17) is 5.73 Å². The third-order valence-corrected chi connectivity index (χ3v) is 5.24. The Kier molecular flexibility index (Phi) is 5.17. The number of carbonyl (C=O) groups excluding carboxylic acids is 2. The van der Waals surface area contributed by atoms with Gasteiger partial charge in [-0.15, -0.1) is 11.3 Å². The van der Waals surface area contributed by atoms with Gasteiger partial charge in [-0.3, -0.25) is 14.3 Å². The highest BCUT2D eigenvalue weighted by Gasteiger charge is 2.25. The van der Waals surface area contributed by atoms with Crippen molar-refractivity contribution < 1.29 is 9.59 Å². The maximum atomic E-state index is 12.3. The standard InChI is InChI=1S/C17H23N5O2S/c1-10(2)5-15-21-13(9-25-15)17(24)19-7-11-3-4-22-14(6-11)12(8-20-22)16(18)23/h8-11H,3-7H2,1-2H3,(H2,18,23)(H,19,24)/t11-/m0/s1. The van der Waals surface area contributed by atoms with E-state index < -0.39 is 5.91 Å². The lowest BCUT2D eigenvalue weighted by Crippen LogP contribution is -2.34. The van der Waals surface area contributed by atoms with Gasteiger partial charge in [0.2, 0.25) is 0 Å². The lowest BCUT2D eigenvalue weighted by atomic mass is 9.94. The number of thiazole rings is 1. The smallest absolute Gasteiger partial charge is 0.270 e. The zero-order valence-electron chi connectivity index (χ0n) is 14.5. The lowest BCUT2D eigenvalue weighted by Gasteiger charge is -2.24. The molecule has 0 aromatic carbocycles. The molecule has 3 heterocycles. The van der Waals surface area contributed by atoms with E-state index in [1.165, 1.54) is 17.5 Å². The summed E-state index contributed by atoms with van der Waals surface area (Å²) in [7, 11) is 0. The van der Waals surface area contributed by atoms with Gasteiger partial charge in [-0.05, 0) is 24.7 Å². The first-order valence-corrected chi connectivity index (χ1v) is 9.39. The number of aryl methyl sites for hydroxylation is 1. The quantitative estimate of drug-likeness (QED) is 0.816. The number of nitrogens with zero attached hydrogens (tertiary/aromatic N) is 3. The molecule has 3 rings (SSSR count). The second kappa shape index (κ2) is 7.35. The molecule has 134 valence electrons. The highest BCUT2D eigenvalue weighted by atomic mass is 32.1. The molecule has 0 aliphatic carbocycles. The van der Waals surface area contributed by atoms with E-state index in [9.17, 15) is 9.59 Å². The number of primary amides is 1. The number of nitrogens with two attached hydrogens (primary N) is 1. The minimum Gasteiger partial charge on any atom is -0.365 e. The predicted octanol–water partition coefficient (Wildman–Crippen LogP) is 1.63. The summed E-state index contributed by atoms with van der Waals surface area (Å²) in [6.45, 7) is 5.56. The molecule has 3 N–H and O–H groups in total. The Hall–Kier alpha value is -2.22. The van der Waals surface area contributed by atoms with Crippen LogP contribution in [0.15, 0.2) is 11.6 Å². The van der Waals surface area contributed by atoms with Crippen LogP contribution in [0.5, 0.6) is 0 Å². The number of hydrogen-bond acceptors (Lipinski definition) is 5. The van der Waals surface area contributed by atoms with Crippen LogP contribution < -0.4 is 11.1 Å². The van der Waals surface area contributed by atoms with Crippen LogP contribution in [0.25, 0.3) is 0 Å². The molecule has 25 heavy (non-hydrogen) atoms. The minimum absolute atomic E-state index is 0.138. The Morgan fingerprint density at radius 3 is 3.00 bits per heavy atom. The Balaban J connectivity index is 1.57. The zero-order valence-corrected chi connectivity index (χ0v) is 15.3. The van der Waals surface area contributed by atoms with E-state index >= 15 is 0 Å². The first kappa shape index (κ1) is 17.6. The van der Waals surface area contributed by atoms with E-state index in [1.54, 1.807) is 0 Å². The van der Waals surface area contributed by atoms with Crippen LogP contribution >= 0.6 is 11.3 Å². The molecular formula is C17H23N5O2S. The zero-order chi connectivity index (χ0) is 18.0. The summed E-state index contributed by atoms with van der Waals surface area (Å²) in [4.78, 5) is 28.2. The fraction of sp³-hybridized carbons (Fsp3) is 0.529. The SMILES string of the molecule is CC(C)Cc1nc(C(=O)NC[C@H]2CCn3ncc(C(N)=O)c3C2)cs1. The number of amides is 2. The number of aromatic nitrogens is 3. The summed E-state index contributed by atoms with van der Waals surface area (Å²) in [5.41, 5.74) is 7.23. The highest BCUT2D eigenvalue weighted by molar-refractivity contribution is 7.09. The summed E-state index contributed by atoms with van der Waals surface area (Å²) in [6.07, 6.45) is 4.02. The molecule has 1 aliphatic rings. The van der Waals surface area contributed by atoms with Crippen molar-refractivity contribution in [2.75, 3.05) is 6.54 Å². The third-order valence-electron chi connectivity index (χ3n) is 4.36. The Bertz CT molecular complexity index is 780. The van der Waals surface area contributed by atoms with Crippen LogP contribution in [-0.4, -0.2) is 33.1 Å². The fourth-order valence-corrected chi connectivity index (χ4v) is 4.05. The molecule has 8 heteroatoms. The molecular weight excluding hydrogens is 338 g/mol. The average molecular weight is 361 g/mol. The summed E-state index contributed by atoms with van der Waals surface area (Å²) < 4.78 is 1.83. The molecule has 2 amide bonds. The fourth-order valence-electron chi connectivity index (χ4n) is 3.06. The predicted molar refractivity (Wildman–Crippen MR) is 95.5 cm³/mol. The van der Waals surface area contributed by atoms with Gasteiger partial charge in [-0.2, -0.15) is 5.10 Å². The van der Waals surface area contributed by atoms with Crippen molar-refractivity contribution in [3.63, 3.8) is 0 Å². The topological polar surface area (TPSA) is 103 Å². The van der Waals surface area contributed by atoms with E-state index in [0.29, 0.717) is 30.1 Å². The van der Waals surface area contributed by atoms with Gasteiger partial charge in [-0.1, -0.05) is 13.8 Å². The number of carbonyl (C=O) groups is 2. The second-order valence-corrected chi connectivity index (χ2v) is 7.83. The Labute approximate surface area is 150 Å². The van der Waals surface area contributed by atoms with Crippen molar-refractivity contribution in [1.29, 1.82) is 0 Å². The van der Waals surface area contributed by atoms with Crippen molar-refractivity contribution in [2.45, 2.75) is 39.7 Å². The summed E-state index contributed by atoms with van der Waals surface area (Å²) in [5.74, 6) is 0.195. The van der Waals surface area contributed by atoms with Gasteiger partial charge >= 0.3 is 0 Å². The number of nitrogens with one attached hydrogen (secondary N) is 1. The van der Waals surface area contributed by atoms with Crippen LogP contribution in [0.3, 0.4) is 0 Å². The van der Waals surface area contributed by atoms with E-state index in [1.807, 2.05) is 10.1 Å². The van der Waals surface area contributed by atoms with Crippen LogP contribution in [0.4, 0.5) is 0 Å².